The van der Waals surface area contributed by atoms with E-state index in [4.69, 9.17) is 14.2 Å². The fourth-order valence-corrected chi connectivity index (χ4v) is 3.83. The van der Waals surface area contributed by atoms with Crippen LogP contribution in [0, 0.1) is 5.92 Å². The van der Waals surface area contributed by atoms with Crippen LogP contribution in [0.5, 0.6) is 17.2 Å². The van der Waals surface area contributed by atoms with Gasteiger partial charge in [-0.15, -0.1) is 0 Å². The predicted octanol–water partition coefficient (Wildman–Crippen LogP) is 3.10. The van der Waals surface area contributed by atoms with E-state index >= 15 is 0 Å². The Morgan fingerprint density at radius 2 is 1.97 bits per heavy atom. The van der Waals surface area contributed by atoms with Gasteiger partial charge in [0.2, 0.25) is 5.43 Å². The lowest BCUT2D eigenvalue weighted by Gasteiger charge is -2.34. The van der Waals surface area contributed by atoms with Gasteiger partial charge < -0.3 is 29.0 Å². The maximum absolute atomic E-state index is 12.5. The lowest BCUT2D eigenvalue weighted by molar-refractivity contribution is 0.0693. The Morgan fingerprint density at radius 3 is 2.57 bits per heavy atom. The summed E-state index contributed by atoms with van der Waals surface area (Å²) in [4.78, 5) is 24.0. The van der Waals surface area contributed by atoms with Gasteiger partial charge in [-0.05, 0) is 30.0 Å². The van der Waals surface area contributed by atoms with Crippen LogP contribution in [0.2, 0.25) is 0 Å². The molecule has 3 rings (SSSR count). The molecule has 1 aliphatic rings. The van der Waals surface area contributed by atoms with Crippen LogP contribution in [-0.2, 0) is 11.2 Å². The number of aromatic carboxylic acids is 1. The van der Waals surface area contributed by atoms with Gasteiger partial charge >= 0.3 is 5.97 Å². The molecule has 0 aliphatic carbocycles. The average Bonchev–Trinajstić information content (AvgIpc) is 2.71. The van der Waals surface area contributed by atoms with Crippen molar-refractivity contribution in [1.29, 1.82) is 0 Å². The third kappa shape index (κ3) is 3.87. The second-order valence-electron chi connectivity index (χ2n) is 7.65. The molecule has 0 saturated carbocycles. The Balaban J connectivity index is 2.17. The lowest BCUT2D eigenvalue weighted by Crippen LogP contribution is -2.28. The Morgan fingerprint density at radius 1 is 1.23 bits per heavy atom. The predicted molar refractivity (Wildman–Crippen MR) is 111 cm³/mol. The largest absolute Gasteiger partial charge is 0.503 e. The van der Waals surface area contributed by atoms with E-state index in [0.29, 0.717) is 42.4 Å². The number of pyridine rings is 1. The summed E-state index contributed by atoms with van der Waals surface area (Å²) in [5.41, 5.74) is 0.473. The van der Waals surface area contributed by atoms with Crippen molar-refractivity contribution in [2.24, 2.45) is 5.92 Å². The maximum Gasteiger partial charge on any atom is 0.341 e. The highest BCUT2D eigenvalue weighted by molar-refractivity contribution is 5.89. The quantitative estimate of drug-likeness (QED) is 0.636. The summed E-state index contributed by atoms with van der Waals surface area (Å²) in [5.74, 6) is -0.760. The van der Waals surface area contributed by atoms with Crippen LogP contribution >= 0.6 is 0 Å². The van der Waals surface area contributed by atoms with E-state index in [1.807, 2.05) is 19.9 Å². The molecule has 0 saturated heterocycles. The minimum absolute atomic E-state index is 0.133. The molecule has 30 heavy (non-hydrogen) atoms. The first-order valence-electron chi connectivity index (χ1n) is 9.84. The molecule has 1 aromatic heterocycles. The summed E-state index contributed by atoms with van der Waals surface area (Å²) in [6.45, 7) is 5.07. The first-order valence-corrected chi connectivity index (χ1v) is 9.84. The third-order valence-electron chi connectivity index (χ3n) is 5.39. The topological polar surface area (TPSA) is 107 Å². The Labute approximate surface area is 174 Å². The molecular formula is C22H27NO7. The standard InChI is InChI=1S/C22H27NO7/c1-12(2)16-8-13-9-18(30-7-5-6-28-3)17(29-4)10-14(13)19-21(25)20(24)15(22(26)27)11-23(16)19/h9-12,16,25H,5-8H2,1-4H3,(H,26,27). The van der Waals surface area contributed by atoms with Crippen molar-refractivity contribution < 1.29 is 29.2 Å². The summed E-state index contributed by atoms with van der Waals surface area (Å²) in [7, 11) is 3.15. The average molecular weight is 417 g/mol. The van der Waals surface area contributed by atoms with Gasteiger partial charge in [-0.3, -0.25) is 4.79 Å². The third-order valence-corrected chi connectivity index (χ3v) is 5.39. The lowest BCUT2D eigenvalue weighted by atomic mass is 9.86. The Hall–Kier alpha value is -3.00. The molecule has 0 amide bonds. The van der Waals surface area contributed by atoms with Crippen LogP contribution < -0.4 is 14.9 Å². The number of hydrogen-bond acceptors (Lipinski definition) is 6. The monoisotopic (exact) mass is 417 g/mol. The van der Waals surface area contributed by atoms with Crippen molar-refractivity contribution in [3.05, 3.63) is 39.7 Å². The smallest absolute Gasteiger partial charge is 0.341 e. The van der Waals surface area contributed by atoms with Crippen LogP contribution in [0.1, 0.15) is 42.2 Å². The van der Waals surface area contributed by atoms with E-state index in [2.05, 4.69) is 0 Å². The molecule has 0 radical (unpaired) electrons. The summed E-state index contributed by atoms with van der Waals surface area (Å²) in [6.07, 6.45) is 2.65. The molecule has 1 aromatic carbocycles. The number of fused-ring (bicyclic) bond motifs is 3. The molecule has 2 N–H and O–H groups in total. The molecule has 1 unspecified atom stereocenters. The highest BCUT2D eigenvalue weighted by atomic mass is 16.5. The molecule has 1 aliphatic heterocycles. The van der Waals surface area contributed by atoms with Crippen LogP contribution in [0.15, 0.2) is 23.1 Å². The van der Waals surface area contributed by atoms with Gasteiger partial charge in [0.15, 0.2) is 17.2 Å². The zero-order chi connectivity index (χ0) is 22.0. The molecule has 0 spiro atoms. The summed E-state index contributed by atoms with van der Waals surface area (Å²) in [5, 5.41) is 20.1. The molecule has 8 heteroatoms. The van der Waals surface area contributed by atoms with Crippen molar-refractivity contribution in [2.75, 3.05) is 27.4 Å². The van der Waals surface area contributed by atoms with Crippen molar-refractivity contribution in [1.82, 2.24) is 4.57 Å². The van der Waals surface area contributed by atoms with Crippen LogP contribution in [-0.4, -0.2) is 48.2 Å². The number of nitrogens with zero attached hydrogens (tertiary/aromatic N) is 1. The second-order valence-corrected chi connectivity index (χ2v) is 7.65. The van der Waals surface area contributed by atoms with Crippen molar-refractivity contribution >= 4 is 5.97 Å². The number of carbonyl (C=O) groups is 1. The van der Waals surface area contributed by atoms with Gasteiger partial charge in [0.25, 0.3) is 0 Å². The molecule has 0 fully saturated rings. The number of carboxylic acid groups (broad SMARTS) is 1. The van der Waals surface area contributed by atoms with E-state index in [1.54, 1.807) is 17.7 Å². The minimum atomic E-state index is -1.36. The zero-order valence-corrected chi connectivity index (χ0v) is 17.6. The maximum atomic E-state index is 12.5. The molecule has 8 nitrogen and oxygen atoms in total. The van der Waals surface area contributed by atoms with E-state index in [0.717, 1.165) is 12.0 Å². The summed E-state index contributed by atoms with van der Waals surface area (Å²) >= 11 is 0. The number of ether oxygens (including phenoxy) is 3. The van der Waals surface area contributed by atoms with E-state index in [-0.39, 0.29) is 12.0 Å². The molecule has 2 heterocycles. The van der Waals surface area contributed by atoms with Gasteiger partial charge in [0, 0.05) is 37.9 Å². The number of methoxy groups -OCH3 is 2. The molecule has 162 valence electrons. The van der Waals surface area contributed by atoms with E-state index in [9.17, 15) is 19.8 Å². The second kappa shape index (κ2) is 8.79. The number of rotatable bonds is 8. The van der Waals surface area contributed by atoms with Gasteiger partial charge in [-0.1, -0.05) is 13.8 Å². The zero-order valence-electron chi connectivity index (χ0n) is 17.6. The van der Waals surface area contributed by atoms with Crippen LogP contribution in [0.3, 0.4) is 0 Å². The first-order chi connectivity index (χ1) is 14.3. The fourth-order valence-electron chi connectivity index (χ4n) is 3.83. The fraction of sp³-hybridized carbons (Fsp3) is 0.455. The van der Waals surface area contributed by atoms with Gasteiger partial charge in [-0.2, -0.15) is 0 Å². The van der Waals surface area contributed by atoms with Crippen LogP contribution in [0.25, 0.3) is 11.3 Å². The SMILES string of the molecule is COCCCOc1cc2c(cc1OC)-c1c(O)c(=O)c(C(=O)O)cn1C(C(C)C)C2. The van der Waals surface area contributed by atoms with E-state index in [1.165, 1.54) is 13.3 Å². The Bertz CT molecular complexity index is 1010. The highest BCUT2D eigenvalue weighted by Crippen LogP contribution is 2.45. The number of aromatic hydroxyl groups is 1. The first kappa shape index (κ1) is 21.7. The van der Waals surface area contributed by atoms with Crippen molar-refractivity contribution in [2.45, 2.75) is 32.7 Å². The van der Waals surface area contributed by atoms with Gasteiger partial charge in [0.1, 0.15) is 5.56 Å². The molecule has 2 aromatic rings. The van der Waals surface area contributed by atoms with Crippen molar-refractivity contribution in [3.8, 4) is 28.5 Å². The van der Waals surface area contributed by atoms with Crippen LogP contribution in [0.4, 0.5) is 0 Å². The highest BCUT2D eigenvalue weighted by Gasteiger charge is 2.32. The van der Waals surface area contributed by atoms with Gasteiger partial charge in [0.05, 0.1) is 19.4 Å². The van der Waals surface area contributed by atoms with E-state index < -0.39 is 22.7 Å². The number of aromatic nitrogens is 1. The van der Waals surface area contributed by atoms with Gasteiger partial charge in [-0.25, -0.2) is 4.79 Å². The number of benzene rings is 1. The summed E-state index contributed by atoms with van der Waals surface area (Å²) in [6, 6.07) is 3.46. The minimum Gasteiger partial charge on any atom is -0.503 e. The normalized spacial score (nSPS) is 14.9. The van der Waals surface area contributed by atoms with Crippen molar-refractivity contribution in [3.63, 3.8) is 0 Å². The number of carboxylic acids is 1. The molecular weight excluding hydrogens is 390 g/mol. The Kier molecular flexibility index (Phi) is 6.36. The molecule has 1 atom stereocenters. The number of hydrogen-bond donors (Lipinski definition) is 2. The summed E-state index contributed by atoms with van der Waals surface area (Å²) < 4.78 is 18.1. The molecule has 0 bridgehead atoms.